The Bertz CT molecular complexity index is 570. The zero-order valence-electron chi connectivity index (χ0n) is 13.6. The molecule has 1 aromatic carbocycles. The van der Waals surface area contributed by atoms with Gasteiger partial charge in [0.2, 0.25) is 5.91 Å². The van der Waals surface area contributed by atoms with Crippen LogP contribution in [0.5, 0.6) is 0 Å². The van der Waals surface area contributed by atoms with Gasteiger partial charge in [0, 0.05) is 24.0 Å². The van der Waals surface area contributed by atoms with Gasteiger partial charge in [-0.2, -0.15) is 0 Å². The summed E-state index contributed by atoms with van der Waals surface area (Å²) in [5.41, 5.74) is 6.25. The molecule has 3 aliphatic rings. The second-order valence-electron chi connectivity index (χ2n) is 7.49. The number of likely N-dealkylation sites (tertiary alicyclic amines) is 1. The van der Waals surface area contributed by atoms with Crippen LogP contribution in [0.2, 0.25) is 0 Å². The van der Waals surface area contributed by atoms with E-state index in [0.717, 1.165) is 32.4 Å². The smallest absolute Gasteiger partial charge is 0.239 e. The molecule has 2 N–H and O–H groups in total. The first kappa shape index (κ1) is 15.5. The summed E-state index contributed by atoms with van der Waals surface area (Å²) in [6, 6.07) is 10.7. The van der Waals surface area contributed by atoms with Crippen molar-refractivity contribution in [3.8, 4) is 0 Å². The molecule has 1 heterocycles. The number of hydrogen-bond acceptors (Lipinski definition) is 3. The maximum absolute atomic E-state index is 13.4. The first-order valence-electron chi connectivity index (χ1n) is 8.97. The lowest BCUT2D eigenvalue weighted by atomic mass is 9.98. The van der Waals surface area contributed by atoms with Crippen LogP contribution in [0.25, 0.3) is 0 Å². The highest BCUT2D eigenvalue weighted by Gasteiger charge is 2.49. The molecule has 1 saturated heterocycles. The molecular weight excluding hydrogens is 304 g/mol. The van der Waals surface area contributed by atoms with Crippen molar-refractivity contribution in [3.63, 3.8) is 0 Å². The molecule has 4 rings (SSSR count). The van der Waals surface area contributed by atoms with Crippen molar-refractivity contribution in [2.24, 2.45) is 17.6 Å². The van der Waals surface area contributed by atoms with Crippen LogP contribution in [0.1, 0.15) is 38.5 Å². The molecule has 1 amide bonds. The van der Waals surface area contributed by atoms with Crippen molar-refractivity contribution in [2.75, 3.05) is 13.1 Å². The van der Waals surface area contributed by atoms with Gasteiger partial charge in [-0.25, -0.2) is 0 Å². The third-order valence-corrected chi connectivity index (χ3v) is 7.54. The summed E-state index contributed by atoms with van der Waals surface area (Å²) in [6.07, 6.45) is 6.72. The van der Waals surface area contributed by atoms with E-state index in [0.29, 0.717) is 23.8 Å². The van der Waals surface area contributed by atoms with E-state index < -0.39 is 0 Å². The van der Waals surface area contributed by atoms with Crippen molar-refractivity contribution in [2.45, 2.75) is 54.2 Å². The van der Waals surface area contributed by atoms with E-state index in [9.17, 15) is 4.79 Å². The van der Waals surface area contributed by atoms with E-state index in [4.69, 9.17) is 5.73 Å². The van der Waals surface area contributed by atoms with Gasteiger partial charge in [-0.15, -0.1) is 11.8 Å². The van der Waals surface area contributed by atoms with Crippen molar-refractivity contribution in [1.29, 1.82) is 0 Å². The van der Waals surface area contributed by atoms with Gasteiger partial charge in [0.25, 0.3) is 0 Å². The number of carbonyl (C=O) groups excluding carboxylic acids is 1. The van der Waals surface area contributed by atoms with Gasteiger partial charge < -0.3 is 10.6 Å². The van der Waals surface area contributed by atoms with Crippen molar-refractivity contribution in [3.05, 3.63) is 30.3 Å². The molecule has 23 heavy (non-hydrogen) atoms. The fraction of sp³-hybridized carbons (Fsp3) is 0.632. The van der Waals surface area contributed by atoms with E-state index in [1.807, 2.05) is 6.07 Å². The Hall–Kier alpha value is -1.00. The summed E-state index contributed by atoms with van der Waals surface area (Å²) in [5, 5.41) is 0. The average Bonchev–Trinajstić information content (AvgIpc) is 3.26. The number of rotatable bonds is 3. The molecule has 3 nitrogen and oxygen atoms in total. The molecule has 0 aromatic heterocycles. The largest absolute Gasteiger partial charge is 0.341 e. The van der Waals surface area contributed by atoms with Crippen LogP contribution in [-0.4, -0.2) is 34.7 Å². The number of fused-ring (bicyclic) bond motifs is 1. The van der Waals surface area contributed by atoms with E-state index in [1.54, 1.807) is 11.8 Å². The molecule has 3 atom stereocenters. The first-order chi connectivity index (χ1) is 11.2. The molecule has 124 valence electrons. The van der Waals surface area contributed by atoms with E-state index >= 15 is 0 Å². The topological polar surface area (TPSA) is 46.3 Å². The highest BCUT2D eigenvalue weighted by Crippen LogP contribution is 2.48. The summed E-state index contributed by atoms with van der Waals surface area (Å²) in [5.74, 6) is 1.57. The lowest BCUT2D eigenvalue weighted by molar-refractivity contribution is -0.133. The average molecular weight is 330 g/mol. The van der Waals surface area contributed by atoms with Crippen LogP contribution in [0.15, 0.2) is 35.2 Å². The van der Waals surface area contributed by atoms with Crippen LogP contribution < -0.4 is 5.73 Å². The predicted octanol–water partition coefficient (Wildman–Crippen LogP) is 3.29. The van der Waals surface area contributed by atoms with Crippen molar-refractivity contribution in [1.82, 2.24) is 4.90 Å². The van der Waals surface area contributed by atoms with Crippen molar-refractivity contribution < 1.29 is 4.79 Å². The van der Waals surface area contributed by atoms with Gasteiger partial charge in [-0.1, -0.05) is 31.0 Å². The van der Waals surface area contributed by atoms with E-state index in [2.05, 4.69) is 29.2 Å². The lowest BCUT2D eigenvalue weighted by Gasteiger charge is -2.32. The van der Waals surface area contributed by atoms with Gasteiger partial charge in [0.15, 0.2) is 0 Å². The van der Waals surface area contributed by atoms with Crippen LogP contribution >= 0.6 is 11.8 Å². The summed E-state index contributed by atoms with van der Waals surface area (Å²) in [4.78, 5) is 16.7. The highest BCUT2D eigenvalue weighted by molar-refractivity contribution is 8.01. The molecule has 2 saturated carbocycles. The molecule has 1 aromatic rings. The number of amides is 1. The SMILES string of the molecule is NC1CCC2CN(C(=O)C3(Sc4ccccc4)CCCC3)CC12. The standard InChI is InChI=1S/C19H26N2OS/c20-17-9-8-14-12-21(13-16(14)17)18(22)19(10-4-5-11-19)23-15-6-2-1-3-7-15/h1-3,6-7,14,16-17H,4-5,8-13,20H2. The molecule has 4 heteroatoms. The third-order valence-electron chi connectivity index (χ3n) is 6.06. The molecule has 0 radical (unpaired) electrons. The highest BCUT2D eigenvalue weighted by atomic mass is 32.2. The molecule has 3 fully saturated rings. The zero-order chi connectivity index (χ0) is 15.9. The summed E-state index contributed by atoms with van der Waals surface area (Å²) in [6.45, 7) is 1.83. The molecule has 2 aliphatic carbocycles. The van der Waals surface area contributed by atoms with Crippen molar-refractivity contribution >= 4 is 17.7 Å². The van der Waals surface area contributed by atoms with Gasteiger partial charge in [0.1, 0.15) is 0 Å². The first-order valence-corrected chi connectivity index (χ1v) is 9.79. The maximum Gasteiger partial charge on any atom is 0.239 e. The maximum atomic E-state index is 13.4. The number of nitrogens with zero attached hydrogens (tertiary/aromatic N) is 1. The van der Waals surface area contributed by atoms with Crippen LogP contribution in [-0.2, 0) is 4.79 Å². The zero-order valence-corrected chi connectivity index (χ0v) is 14.4. The Balaban J connectivity index is 1.52. The minimum atomic E-state index is -0.232. The normalized spacial score (nSPS) is 32.2. The predicted molar refractivity (Wildman–Crippen MR) is 94.3 cm³/mol. The molecule has 3 unspecified atom stereocenters. The Labute approximate surface area is 143 Å². The molecular formula is C19H26N2OS. The number of thioether (sulfide) groups is 1. The number of benzene rings is 1. The van der Waals surface area contributed by atoms with Gasteiger partial charge >= 0.3 is 0 Å². The Morgan fingerprint density at radius 3 is 2.57 bits per heavy atom. The van der Waals surface area contributed by atoms with Gasteiger partial charge in [-0.3, -0.25) is 4.79 Å². The minimum Gasteiger partial charge on any atom is -0.341 e. The van der Waals surface area contributed by atoms with Crippen LogP contribution in [0.3, 0.4) is 0 Å². The number of carbonyl (C=O) groups is 1. The fourth-order valence-corrected chi connectivity index (χ4v) is 6.23. The molecule has 0 spiro atoms. The van der Waals surface area contributed by atoms with Crippen LogP contribution in [0, 0.1) is 11.8 Å². The fourth-order valence-electron chi connectivity index (χ4n) is 4.78. The lowest BCUT2D eigenvalue weighted by Crippen LogP contribution is -2.45. The van der Waals surface area contributed by atoms with Crippen LogP contribution in [0.4, 0.5) is 0 Å². The van der Waals surface area contributed by atoms with Gasteiger partial charge in [-0.05, 0) is 49.7 Å². The van der Waals surface area contributed by atoms with E-state index in [1.165, 1.54) is 24.2 Å². The quantitative estimate of drug-likeness (QED) is 0.925. The second-order valence-corrected chi connectivity index (χ2v) is 8.95. The number of nitrogens with two attached hydrogens (primary N) is 1. The van der Waals surface area contributed by atoms with E-state index in [-0.39, 0.29) is 4.75 Å². The third kappa shape index (κ3) is 2.80. The summed E-state index contributed by atoms with van der Waals surface area (Å²) < 4.78 is -0.232. The van der Waals surface area contributed by atoms with Gasteiger partial charge in [0.05, 0.1) is 4.75 Å². The Kier molecular flexibility index (Phi) is 4.14. The Morgan fingerprint density at radius 2 is 1.87 bits per heavy atom. The monoisotopic (exact) mass is 330 g/mol. The summed E-state index contributed by atoms with van der Waals surface area (Å²) in [7, 11) is 0. The molecule has 1 aliphatic heterocycles. The molecule has 0 bridgehead atoms. The second kappa shape index (κ2) is 6.14. The Morgan fingerprint density at radius 1 is 1.13 bits per heavy atom. The number of hydrogen-bond donors (Lipinski definition) is 1. The summed E-state index contributed by atoms with van der Waals surface area (Å²) >= 11 is 1.80. The minimum absolute atomic E-state index is 0.232.